The van der Waals surface area contributed by atoms with Crippen LogP contribution in [0.1, 0.15) is 12.0 Å². The third-order valence-electron chi connectivity index (χ3n) is 1.71. The van der Waals surface area contributed by atoms with E-state index in [1.54, 1.807) is 7.11 Å². The Morgan fingerprint density at radius 1 is 1.46 bits per heavy atom. The van der Waals surface area contributed by atoms with Gasteiger partial charge in [-0.15, -0.1) is 6.58 Å². The molecule has 0 aliphatic rings. The molecule has 0 spiro atoms. The van der Waals surface area contributed by atoms with E-state index in [9.17, 15) is 0 Å². The van der Waals surface area contributed by atoms with E-state index in [0.717, 1.165) is 17.7 Å². The van der Waals surface area contributed by atoms with Gasteiger partial charge >= 0.3 is 0 Å². The van der Waals surface area contributed by atoms with Crippen molar-refractivity contribution in [3.8, 4) is 5.75 Å². The lowest BCUT2D eigenvalue weighted by atomic mass is 10.2. The first-order valence-corrected chi connectivity index (χ1v) is 4.28. The van der Waals surface area contributed by atoms with Gasteiger partial charge in [-0.2, -0.15) is 0 Å². The van der Waals surface area contributed by atoms with E-state index >= 15 is 0 Å². The minimum absolute atomic E-state index is 0.890. The van der Waals surface area contributed by atoms with Crippen molar-refractivity contribution in [2.75, 3.05) is 7.11 Å². The van der Waals surface area contributed by atoms with Crippen molar-refractivity contribution in [3.05, 3.63) is 48.6 Å². The molecule has 68 valence electrons. The highest BCUT2D eigenvalue weighted by atomic mass is 16.5. The second-order valence-electron chi connectivity index (χ2n) is 2.70. The largest absolute Gasteiger partial charge is 0.497 e. The fraction of sp³-hybridized carbons (Fsp3) is 0.167. The van der Waals surface area contributed by atoms with Crippen LogP contribution in [-0.4, -0.2) is 7.11 Å². The molecule has 1 aromatic rings. The van der Waals surface area contributed by atoms with E-state index < -0.39 is 0 Å². The molecule has 0 amide bonds. The van der Waals surface area contributed by atoms with Gasteiger partial charge in [-0.1, -0.05) is 30.4 Å². The minimum Gasteiger partial charge on any atom is -0.497 e. The fourth-order valence-corrected chi connectivity index (χ4v) is 1.05. The smallest absolute Gasteiger partial charge is 0.119 e. The van der Waals surface area contributed by atoms with Gasteiger partial charge in [0.1, 0.15) is 5.75 Å². The average molecular weight is 174 g/mol. The number of benzene rings is 1. The fourth-order valence-electron chi connectivity index (χ4n) is 1.05. The van der Waals surface area contributed by atoms with E-state index in [2.05, 4.69) is 18.7 Å². The zero-order valence-electron chi connectivity index (χ0n) is 7.86. The summed E-state index contributed by atoms with van der Waals surface area (Å²) in [7, 11) is 1.67. The number of hydrogen-bond acceptors (Lipinski definition) is 1. The monoisotopic (exact) mass is 174 g/mol. The number of allylic oxidation sites excluding steroid dienone is 2. The Bertz CT molecular complexity index is 300. The first-order valence-electron chi connectivity index (χ1n) is 4.28. The molecule has 0 bridgehead atoms. The first kappa shape index (κ1) is 9.59. The van der Waals surface area contributed by atoms with Crippen molar-refractivity contribution in [3.63, 3.8) is 0 Å². The van der Waals surface area contributed by atoms with Crippen molar-refractivity contribution < 1.29 is 4.74 Å². The summed E-state index contributed by atoms with van der Waals surface area (Å²) in [4.78, 5) is 0. The van der Waals surface area contributed by atoms with Crippen molar-refractivity contribution in [1.82, 2.24) is 0 Å². The summed E-state index contributed by atoms with van der Waals surface area (Å²) in [5.74, 6) is 0.890. The topological polar surface area (TPSA) is 9.23 Å². The van der Waals surface area contributed by atoms with Crippen LogP contribution in [0, 0.1) is 0 Å². The third-order valence-corrected chi connectivity index (χ3v) is 1.71. The molecule has 0 fully saturated rings. The van der Waals surface area contributed by atoms with E-state index in [4.69, 9.17) is 4.74 Å². The summed E-state index contributed by atoms with van der Waals surface area (Å²) >= 11 is 0. The standard InChI is InChI=1S/C12H14O/c1-3-4-5-7-11-8-6-9-12(10-11)13-2/h3,5-10H,1,4H2,2H3/b7-5+. The number of hydrogen-bond donors (Lipinski definition) is 0. The van der Waals surface area contributed by atoms with E-state index in [1.807, 2.05) is 30.3 Å². The Morgan fingerprint density at radius 3 is 3.00 bits per heavy atom. The average Bonchev–Trinajstić information content (AvgIpc) is 2.19. The lowest BCUT2D eigenvalue weighted by Gasteiger charge is -1.99. The van der Waals surface area contributed by atoms with Gasteiger partial charge in [0, 0.05) is 0 Å². The summed E-state index contributed by atoms with van der Waals surface area (Å²) in [6.45, 7) is 3.65. The maximum atomic E-state index is 5.11. The van der Waals surface area contributed by atoms with Crippen LogP contribution >= 0.6 is 0 Å². The molecule has 0 saturated heterocycles. The van der Waals surface area contributed by atoms with Gasteiger partial charge in [-0.3, -0.25) is 0 Å². The minimum atomic E-state index is 0.890. The summed E-state index contributed by atoms with van der Waals surface area (Å²) < 4.78 is 5.11. The van der Waals surface area contributed by atoms with E-state index in [0.29, 0.717) is 0 Å². The first-order chi connectivity index (χ1) is 6.36. The molecular weight excluding hydrogens is 160 g/mol. The van der Waals surface area contributed by atoms with Gasteiger partial charge in [0.25, 0.3) is 0 Å². The van der Waals surface area contributed by atoms with Gasteiger partial charge in [0.15, 0.2) is 0 Å². The zero-order valence-corrected chi connectivity index (χ0v) is 7.86. The highest BCUT2D eigenvalue weighted by Crippen LogP contribution is 2.13. The van der Waals surface area contributed by atoms with Crippen LogP contribution in [0.2, 0.25) is 0 Å². The van der Waals surface area contributed by atoms with Crippen LogP contribution < -0.4 is 4.74 Å². The van der Waals surface area contributed by atoms with Gasteiger partial charge in [-0.05, 0) is 24.1 Å². The molecule has 0 aromatic heterocycles. The molecule has 0 unspecified atom stereocenters. The molecule has 1 nitrogen and oxygen atoms in total. The summed E-state index contributed by atoms with van der Waals surface area (Å²) in [6.07, 6.45) is 6.90. The third kappa shape index (κ3) is 3.16. The Kier molecular flexibility index (Phi) is 3.83. The van der Waals surface area contributed by atoms with Gasteiger partial charge in [0.2, 0.25) is 0 Å². The summed E-state index contributed by atoms with van der Waals surface area (Å²) in [5.41, 5.74) is 1.15. The molecule has 0 atom stereocenters. The number of rotatable bonds is 4. The quantitative estimate of drug-likeness (QED) is 0.636. The van der Waals surface area contributed by atoms with Crippen LogP contribution in [0.25, 0.3) is 6.08 Å². The van der Waals surface area contributed by atoms with Crippen molar-refractivity contribution >= 4 is 6.08 Å². The normalized spacial score (nSPS) is 10.2. The Hall–Kier alpha value is -1.50. The zero-order chi connectivity index (χ0) is 9.52. The second kappa shape index (κ2) is 5.20. The number of ether oxygens (including phenoxy) is 1. The van der Waals surface area contributed by atoms with Crippen molar-refractivity contribution in [2.24, 2.45) is 0 Å². The maximum Gasteiger partial charge on any atom is 0.119 e. The van der Waals surface area contributed by atoms with Gasteiger partial charge in [-0.25, -0.2) is 0 Å². The van der Waals surface area contributed by atoms with Crippen LogP contribution in [0.4, 0.5) is 0 Å². The van der Waals surface area contributed by atoms with Crippen LogP contribution in [-0.2, 0) is 0 Å². The molecule has 0 aliphatic heterocycles. The van der Waals surface area contributed by atoms with Crippen molar-refractivity contribution in [2.45, 2.75) is 6.42 Å². The van der Waals surface area contributed by atoms with Crippen LogP contribution in [0.5, 0.6) is 5.75 Å². The maximum absolute atomic E-state index is 5.11. The summed E-state index contributed by atoms with van der Waals surface area (Å²) in [5, 5.41) is 0. The van der Waals surface area contributed by atoms with Crippen LogP contribution in [0.3, 0.4) is 0 Å². The molecule has 13 heavy (non-hydrogen) atoms. The van der Waals surface area contributed by atoms with Crippen molar-refractivity contribution in [1.29, 1.82) is 0 Å². The summed E-state index contributed by atoms with van der Waals surface area (Å²) in [6, 6.07) is 7.96. The van der Waals surface area contributed by atoms with Crippen LogP contribution in [0.15, 0.2) is 43.0 Å². The molecule has 0 saturated carbocycles. The second-order valence-corrected chi connectivity index (χ2v) is 2.70. The molecule has 0 heterocycles. The highest BCUT2D eigenvalue weighted by molar-refractivity contribution is 5.51. The Balaban J connectivity index is 2.71. The molecule has 0 aliphatic carbocycles. The van der Waals surface area contributed by atoms with Gasteiger partial charge < -0.3 is 4.74 Å². The van der Waals surface area contributed by atoms with Gasteiger partial charge in [0.05, 0.1) is 7.11 Å². The molecule has 0 N–H and O–H groups in total. The molecule has 1 rings (SSSR count). The molecular formula is C12H14O. The SMILES string of the molecule is C=CC/C=C/c1cccc(OC)c1. The number of methoxy groups -OCH3 is 1. The predicted octanol–water partition coefficient (Wildman–Crippen LogP) is 3.28. The Labute approximate surface area is 79.4 Å². The molecule has 1 aromatic carbocycles. The lowest BCUT2D eigenvalue weighted by Crippen LogP contribution is -1.81. The lowest BCUT2D eigenvalue weighted by molar-refractivity contribution is 0.414. The molecule has 1 heteroatoms. The predicted molar refractivity (Wildman–Crippen MR) is 56.8 cm³/mol. The van der Waals surface area contributed by atoms with E-state index in [1.165, 1.54) is 0 Å². The Morgan fingerprint density at radius 2 is 2.31 bits per heavy atom. The van der Waals surface area contributed by atoms with E-state index in [-0.39, 0.29) is 0 Å². The molecule has 0 radical (unpaired) electrons. The highest BCUT2D eigenvalue weighted by Gasteiger charge is 1.89.